The lowest BCUT2D eigenvalue weighted by atomic mass is 10.2. The van der Waals surface area contributed by atoms with Crippen LogP contribution in [0, 0.1) is 0 Å². The fourth-order valence-corrected chi connectivity index (χ4v) is 2.52. The van der Waals surface area contributed by atoms with Crippen LogP contribution in [0.25, 0.3) is 0 Å². The molecule has 0 fully saturated rings. The van der Waals surface area contributed by atoms with E-state index in [2.05, 4.69) is 12.2 Å². The molecule has 0 saturated heterocycles. The number of carbonyl (C=O) groups is 1. The van der Waals surface area contributed by atoms with Crippen molar-refractivity contribution in [3.8, 4) is 11.5 Å². The maximum atomic E-state index is 12.5. The van der Waals surface area contributed by atoms with Gasteiger partial charge in [0, 0.05) is 13.1 Å². The first-order chi connectivity index (χ1) is 11.9. The van der Waals surface area contributed by atoms with E-state index in [9.17, 15) is 4.79 Å². The minimum atomic E-state index is -0.509. The number of carbonyl (C=O) groups excluding carboxylic acids is 1. The minimum absolute atomic E-state index is 0.248. The smallest absolute Gasteiger partial charge is 0.410 e. The van der Waals surface area contributed by atoms with E-state index >= 15 is 0 Å². The lowest BCUT2D eigenvalue weighted by Gasteiger charge is -2.27. The maximum absolute atomic E-state index is 12.5. The van der Waals surface area contributed by atoms with Gasteiger partial charge in [-0.15, -0.1) is 0 Å². The molecule has 1 aromatic rings. The normalized spacial score (nSPS) is 13.0. The van der Waals surface area contributed by atoms with E-state index < -0.39 is 5.60 Å². The Morgan fingerprint density at radius 3 is 2.72 bits per heavy atom. The zero-order valence-electron chi connectivity index (χ0n) is 15.8. The molecule has 1 amide bonds. The lowest BCUT2D eigenvalue weighted by Crippen LogP contribution is -2.37. The Kier molecular flexibility index (Phi) is 6.93. The van der Waals surface area contributed by atoms with Crippen molar-refractivity contribution in [2.24, 2.45) is 0 Å². The summed E-state index contributed by atoms with van der Waals surface area (Å²) in [7, 11) is 0. The average molecular weight is 350 g/mol. The third kappa shape index (κ3) is 6.46. The van der Waals surface area contributed by atoms with Crippen molar-refractivity contribution < 1.29 is 19.0 Å². The zero-order chi connectivity index (χ0) is 18.3. The molecule has 1 N–H and O–H groups in total. The Balaban J connectivity index is 1.98. The van der Waals surface area contributed by atoms with Gasteiger partial charge in [0.05, 0.1) is 0 Å². The molecule has 140 valence electrons. The SMILES string of the molecule is CCCNCCCN(Cc1ccc2c(c1)OCO2)C(=O)OC(C)(C)C. The molecule has 6 heteroatoms. The van der Waals surface area contributed by atoms with Gasteiger partial charge < -0.3 is 24.4 Å². The van der Waals surface area contributed by atoms with E-state index in [1.54, 1.807) is 4.90 Å². The van der Waals surface area contributed by atoms with Gasteiger partial charge in [0.25, 0.3) is 0 Å². The molecule has 0 aromatic heterocycles. The van der Waals surface area contributed by atoms with Crippen molar-refractivity contribution in [2.45, 2.75) is 52.7 Å². The molecule has 0 bridgehead atoms. The lowest BCUT2D eigenvalue weighted by molar-refractivity contribution is 0.0231. The van der Waals surface area contributed by atoms with Gasteiger partial charge in [-0.1, -0.05) is 13.0 Å². The highest BCUT2D eigenvalue weighted by Gasteiger charge is 2.23. The van der Waals surface area contributed by atoms with Gasteiger partial charge in [0.1, 0.15) is 5.60 Å². The second-order valence-corrected chi connectivity index (χ2v) is 7.19. The van der Waals surface area contributed by atoms with E-state index in [1.165, 1.54) is 0 Å². The van der Waals surface area contributed by atoms with Crippen LogP contribution in [0.2, 0.25) is 0 Å². The molecule has 0 saturated carbocycles. The number of benzene rings is 1. The van der Waals surface area contributed by atoms with Crippen LogP contribution in [0.1, 0.15) is 46.1 Å². The molecule has 0 atom stereocenters. The van der Waals surface area contributed by atoms with Crippen LogP contribution in [-0.2, 0) is 11.3 Å². The monoisotopic (exact) mass is 350 g/mol. The fourth-order valence-electron chi connectivity index (χ4n) is 2.52. The number of amides is 1. The standard InChI is InChI=1S/C19H30N2O4/c1-5-9-20-10-6-11-21(18(22)25-19(2,3)4)13-15-7-8-16-17(12-15)24-14-23-16/h7-8,12,20H,5-6,9-11,13-14H2,1-4H3. The van der Waals surface area contributed by atoms with Gasteiger partial charge in [0.2, 0.25) is 6.79 Å². The topological polar surface area (TPSA) is 60.0 Å². The van der Waals surface area contributed by atoms with Gasteiger partial charge in [0.15, 0.2) is 11.5 Å². The number of nitrogens with one attached hydrogen (secondary N) is 1. The Hall–Kier alpha value is -1.95. The van der Waals surface area contributed by atoms with Crippen molar-refractivity contribution in [1.29, 1.82) is 0 Å². The quantitative estimate of drug-likeness (QED) is 0.727. The molecule has 0 aliphatic carbocycles. The van der Waals surface area contributed by atoms with Crippen LogP contribution in [-0.4, -0.2) is 43.0 Å². The number of hydrogen-bond acceptors (Lipinski definition) is 5. The summed E-state index contributed by atoms with van der Waals surface area (Å²) in [6.07, 6.45) is 1.69. The molecule has 0 radical (unpaired) electrons. The Morgan fingerprint density at radius 2 is 2.00 bits per heavy atom. The first-order valence-corrected chi connectivity index (χ1v) is 8.96. The van der Waals surface area contributed by atoms with Crippen LogP contribution >= 0.6 is 0 Å². The van der Waals surface area contributed by atoms with Crippen molar-refractivity contribution in [2.75, 3.05) is 26.4 Å². The summed E-state index contributed by atoms with van der Waals surface area (Å²) in [5, 5.41) is 3.36. The van der Waals surface area contributed by atoms with E-state index in [-0.39, 0.29) is 12.9 Å². The number of rotatable bonds is 8. The maximum Gasteiger partial charge on any atom is 0.410 e. The van der Waals surface area contributed by atoms with Crippen LogP contribution in [0.3, 0.4) is 0 Å². The average Bonchev–Trinajstić information content (AvgIpc) is 2.99. The van der Waals surface area contributed by atoms with Crippen LogP contribution in [0.15, 0.2) is 18.2 Å². The summed E-state index contributed by atoms with van der Waals surface area (Å²) in [4.78, 5) is 14.3. The summed E-state index contributed by atoms with van der Waals surface area (Å²) in [6.45, 7) is 11.0. The van der Waals surface area contributed by atoms with Crippen molar-refractivity contribution >= 4 is 6.09 Å². The molecule has 1 aliphatic heterocycles. The molecule has 25 heavy (non-hydrogen) atoms. The second kappa shape index (κ2) is 8.94. The van der Waals surface area contributed by atoms with Crippen molar-refractivity contribution in [3.63, 3.8) is 0 Å². The van der Waals surface area contributed by atoms with Crippen molar-refractivity contribution in [1.82, 2.24) is 10.2 Å². The molecule has 2 rings (SSSR count). The highest BCUT2D eigenvalue weighted by Crippen LogP contribution is 2.32. The molecular weight excluding hydrogens is 320 g/mol. The minimum Gasteiger partial charge on any atom is -0.454 e. The van der Waals surface area contributed by atoms with Crippen LogP contribution in [0.4, 0.5) is 4.79 Å². The molecule has 1 aliphatic rings. The first-order valence-electron chi connectivity index (χ1n) is 8.96. The summed E-state index contributed by atoms with van der Waals surface area (Å²) in [6, 6.07) is 5.77. The zero-order valence-corrected chi connectivity index (χ0v) is 15.8. The van der Waals surface area contributed by atoms with Crippen molar-refractivity contribution in [3.05, 3.63) is 23.8 Å². The molecule has 6 nitrogen and oxygen atoms in total. The summed E-state index contributed by atoms with van der Waals surface area (Å²) >= 11 is 0. The molecule has 0 unspecified atom stereocenters. The Bertz CT molecular complexity index is 569. The van der Waals surface area contributed by atoms with Gasteiger partial charge in [-0.05, 0) is 64.4 Å². The molecule has 1 heterocycles. The van der Waals surface area contributed by atoms with E-state index in [4.69, 9.17) is 14.2 Å². The Morgan fingerprint density at radius 1 is 1.24 bits per heavy atom. The highest BCUT2D eigenvalue weighted by molar-refractivity contribution is 5.68. The van der Waals surface area contributed by atoms with Gasteiger partial charge in [-0.3, -0.25) is 0 Å². The first kappa shape index (κ1) is 19.4. The number of hydrogen-bond donors (Lipinski definition) is 1. The van der Waals surface area contributed by atoms with Gasteiger partial charge in [-0.2, -0.15) is 0 Å². The summed E-state index contributed by atoms with van der Waals surface area (Å²) < 4.78 is 16.3. The van der Waals surface area contributed by atoms with E-state index in [0.29, 0.717) is 13.1 Å². The van der Waals surface area contributed by atoms with Crippen LogP contribution in [0.5, 0.6) is 11.5 Å². The molecule has 0 spiro atoms. The number of fused-ring (bicyclic) bond motifs is 1. The highest BCUT2D eigenvalue weighted by atomic mass is 16.7. The second-order valence-electron chi connectivity index (χ2n) is 7.19. The molecule has 1 aromatic carbocycles. The number of nitrogens with zero attached hydrogens (tertiary/aromatic N) is 1. The third-order valence-corrected chi connectivity index (χ3v) is 3.67. The Labute approximate surface area is 150 Å². The summed E-state index contributed by atoms with van der Waals surface area (Å²) in [5.74, 6) is 1.47. The summed E-state index contributed by atoms with van der Waals surface area (Å²) in [5.41, 5.74) is 0.488. The largest absolute Gasteiger partial charge is 0.454 e. The third-order valence-electron chi connectivity index (χ3n) is 3.67. The van der Waals surface area contributed by atoms with E-state index in [1.807, 2.05) is 39.0 Å². The van der Waals surface area contributed by atoms with Gasteiger partial charge in [-0.25, -0.2) is 4.79 Å². The predicted molar refractivity (Wildman–Crippen MR) is 97.0 cm³/mol. The van der Waals surface area contributed by atoms with E-state index in [0.717, 1.165) is 43.0 Å². The van der Waals surface area contributed by atoms with Crippen LogP contribution < -0.4 is 14.8 Å². The molecular formula is C19H30N2O4. The fraction of sp³-hybridized carbons (Fsp3) is 0.632. The number of ether oxygens (including phenoxy) is 3. The van der Waals surface area contributed by atoms with Gasteiger partial charge >= 0.3 is 6.09 Å². The predicted octanol–water partition coefficient (Wildman–Crippen LogP) is 3.54.